The van der Waals surface area contributed by atoms with Gasteiger partial charge < -0.3 is 11.2 Å². The van der Waals surface area contributed by atoms with Crippen molar-refractivity contribution in [2.75, 3.05) is 0 Å². The van der Waals surface area contributed by atoms with Gasteiger partial charge in [-0.05, 0) is 0 Å². The van der Waals surface area contributed by atoms with Gasteiger partial charge in [-0.15, -0.1) is 12.4 Å². The number of hydrogen-bond acceptors (Lipinski definition) is 2. The third-order valence-corrected chi connectivity index (χ3v) is 0. The van der Waals surface area contributed by atoms with E-state index in [1.54, 1.807) is 0 Å². The van der Waals surface area contributed by atoms with E-state index in [0.717, 1.165) is 0 Å². The van der Waals surface area contributed by atoms with E-state index in [-0.39, 0.29) is 92.1 Å². The van der Waals surface area contributed by atoms with Crippen LogP contribution in [0.1, 0.15) is 5.71 Å². The topological polar surface area (TPSA) is 106 Å². The summed E-state index contributed by atoms with van der Waals surface area (Å²) < 4.78 is 31.6. The Morgan fingerprint density at radius 3 is 1.22 bits per heavy atom. The maximum Gasteiger partial charge on any atom is 2.00 e. The minimum atomic E-state index is -4.67. The molecule has 0 amide bonds. The van der Waals surface area contributed by atoms with E-state index in [1.807, 2.05) is 0 Å². The molecule has 0 aliphatic rings. The van der Waals surface area contributed by atoms with Crippen LogP contribution in [0.25, 0.3) is 0 Å². The van der Waals surface area contributed by atoms with Crippen LogP contribution in [0.4, 0.5) is 0 Å². The second kappa shape index (κ2) is 13.0. The van der Waals surface area contributed by atoms with Crippen molar-refractivity contribution in [3.8, 4) is 0 Å². The molecule has 0 spiro atoms. The molecule has 0 saturated carbocycles. The first kappa shape index (κ1) is 30.1. The molecule has 4 N–H and O–H groups in total. The SMILES string of the molecule is Cl.O.O=S(=O)(O)O.[H-].[H-].[H-].[H-].[Mg+2].[Sr+2]. The van der Waals surface area contributed by atoms with Crippen molar-refractivity contribution in [2.45, 2.75) is 0 Å². The maximum absolute atomic E-state index is 8.74. The van der Waals surface area contributed by atoms with Crippen molar-refractivity contribution >= 4 is 91.3 Å². The molecule has 56 valence electrons. The summed E-state index contributed by atoms with van der Waals surface area (Å²) in [6.45, 7) is 0. The van der Waals surface area contributed by atoms with Crippen LogP contribution in [-0.4, -0.2) is 91.5 Å². The molecular weight excluding hydrogens is 259 g/mol. The number of halogens is 1. The van der Waals surface area contributed by atoms with Gasteiger partial charge >= 0.3 is 78.9 Å². The predicted molar refractivity (Wildman–Crippen MR) is 41.0 cm³/mol. The van der Waals surface area contributed by atoms with Crippen LogP contribution in [0.2, 0.25) is 0 Å². The van der Waals surface area contributed by atoms with Gasteiger partial charge in [0.15, 0.2) is 0 Å². The zero-order valence-electron chi connectivity index (χ0n) is 8.44. The average Bonchev–Trinajstić information content (AvgIpc) is 0.722. The Kier molecular flexibility index (Phi) is 43.5. The Bertz CT molecular complexity index is 112. The molecule has 0 aliphatic carbocycles. The number of hydrogen-bond donors (Lipinski definition) is 2. The minimum absolute atomic E-state index is 0. The van der Waals surface area contributed by atoms with Crippen molar-refractivity contribution < 1.29 is 28.7 Å². The summed E-state index contributed by atoms with van der Waals surface area (Å²) in [6.07, 6.45) is 0. The monoisotopic (exact) mass is 268 g/mol. The standard InChI is InChI=1S/ClH.Mg.H2O4S.H2O.Sr.4H/c;;1-5(2,3)4;;;;;;/h1H;;(H2,1,2,3,4);1H2;;;;;/q;+2;;;+2;4*-1. The molecule has 0 aromatic heterocycles. The molecule has 0 heterocycles. The zero-order valence-corrected chi connectivity index (χ0v) is 11.0. The van der Waals surface area contributed by atoms with Crippen LogP contribution >= 0.6 is 12.4 Å². The molecule has 0 radical (unpaired) electrons. The Morgan fingerprint density at radius 1 is 1.22 bits per heavy atom. The summed E-state index contributed by atoms with van der Waals surface area (Å²) in [6, 6.07) is 0. The summed E-state index contributed by atoms with van der Waals surface area (Å²) in [5, 5.41) is 0. The molecule has 9 heteroatoms. The van der Waals surface area contributed by atoms with Crippen LogP contribution in [0.3, 0.4) is 0 Å². The summed E-state index contributed by atoms with van der Waals surface area (Å²) in [5.41, 5.74) is 0. The second-order valence-corrected chi connectivity index (χ2v) is 1.34. The summed E-state index contributed by atoms with van der Waals surface area (Å²) in [7, 11) is -4.67. The van der Waals surface area contributed by atoms with Crippen LogP contribution in [0, 0.1) is 0 Å². The van der Waals surface area contributed by atoms with E-state index in [4.69, 9.17) is 17.5 Å². The smallest absolute Gasteiger partial charge is 1.00 e. The Balaban J connectivity index is -0.00000000286. The van der Waals surface area contributed by atoms with Crippen molar-refractivity contribution in [1.82, 2.24) is 0 Å². The molecule has 0 aliphatic heterocycles. The van der Waals surface area contributed by atoms with Gasteiger partial charge in [-0.2, -0.15) is 8.42 Å². The van der Waals surface area contributed by atoms with E-state index in [2.05, 4.69) is 0 Å². The molecule has 0 saturated heterocycles. The fourth-order valence-electron chi connectivity index (χ4n) is 0. The van der Waals surface area contributed by atoms with Gasteiger partial charge in [-0.1, -0.05) is 0 Å². The number of rotatable bonds is 0. The van der Waals surface area contributed by atoms with E-state index in [0.29, 0.717) is 0 Å². The van der Waals surface area contributed by atoms with Crippen LogP contribution in [0.5, 0.6) is 0 Å². The third-order valence-electron chi connectivity index (χ3n) is 0. The maximum atomic E-state index is 8.74. The molecule has 0 rings (SSSR count). The molecule has 0 atom stereocenters. The first-order valence-corrected chi connectivity index (χ1v) is 2.10. The van der Waals surface area contributed by atoms with Crippen molar-refractivity contribution in [1.29, 1.82) is 0 Å². The van der Waals surface area contributed by atoms with Gasteiger partial charge in [-0.25, -0.2) is 0 Å². The third kappa shape index (κ3) is 130. The Labute approximate surface area is 118 Å². The second-order valence-electron chi connectivity index (χ2n) is 0.448. The van der Waals surface area contributed by atoms with Crippen LogP contribution < -0.4 is 0 Å². The van der Waals surface area contributed by atoms with Crippen molar-refractivity contribution in [2.24, 2.45) is 0 Å². The van der Waals surface area contributed by atoms with Gasteiger partial charge in [0.05, 0.1) is 0 Å². The summed E-state index contributed by atoms with van der Waals surface area (Å²) in [4.78, 5) is 0. The molecule has 0 bridgehead atoms. The van der Waals surface area contributed by atoms with Gasteiger partial charge in [0, 0.05) is 0 Å². The Hall–Kier alpha value is 2.37. The first-order chi connectivity index (χ1) is 2.00. The molecule has 9 heavy (non-hydrogen) atoms. The quantitative estimate of drug-likeness (QED) is 0.418. The zero-order chi connectivity index (χ0) is 4.50. The van der Waals surface area contributed by atoms with E-state index >= 15 is 0 Å². The fraction of sp³-hybridized carbons (Fsp3) is 0. The van der Waals surface area contributed by atoms with E-state index in [9.17, 15) is 0 Å². The largest absolute Gasteiger partial charge is 2.00 e. The van der Waals surface area contributed by atoms with Crippen molar-refractivity contribution in [3.05, 3.63) is 0 Å². The predicted octanol–water partition coefficient (Wildman–Crippen LogP) is -1.37. The molecular formula is H9ClMgO5SSr. The molecule has 0 aromatic rings. The molecule has 0 unspecified atom stereocenters. The molecule has 0 fully saturated rings. The van der Waals surface area contributed by atoms with Gasteiger partial charge in [0.2, 0.25) is 0 Å². The first-order valence-electron chi connectivity index (χ1n) is 0.698. The van der Waals surface area contributed by atoms with Crippen LogP contribution in [-0.2, 0) is 10.4 Å². The van der Waals surface area contributed by atoms with Crippen LogP contribution in [0.15, 0.2) is 0 Å². The van der Waals surface area contributed by atoms with Gasteiger partial charge in [-0.3, -0.25) is 9.11 Å². The average molecular weight is 269 g/mol. The molecule has 0 aromatic carbocycles. The van der Waals surface area contributed by atoms with Gasteiger partial charge in [0.1, 0.15) is 0 Å². The van der Waals surface area contributed by atoms with Crippen molar-refractivity contribution in [3.63, 3.8) is 0 Å². The summed E-state index contributed by atoms with van der Waals surface area (Å²) >= 11 is 0. The molecule has 5 nitrogen and oxygen atoms in total. The normalized spacial score (nSPS) is 6.44. The minimum Gasteiger partial charge on any atom is -1.00 e. The van der Waals surface area contributed by atoms with Gasteiger partial charge in [0.25, 0.3) is 0 Å². The van der Waals surface area contributed by atoms with E-state index < -0.39 is 10.4 Å². The Morgan fingerprint density at radius 2 is 1.22 bits per heavy atom. The fourth-order valence-corrected chi connectivity index (χ4v) is 0. The van der Waals surface area contributed by atoms with E-state index in [1.165, 1.54) is 0 Å². The summed E-state index contributed by atoms with van der Waals surface area (Å²) in [5.74, 6) is 0.